The predicted molar refractivity (Wildman–Crippen MR) is 99.4 cm³/mol. The van der Waals surface area contributed by atoms with Crippen LogP contribution in [0.2, 0.25) is 0 Å². The Labute approximate surface area is 155 Å². The molecule has 7 heteroatoms. The van der Waals surface area contributed by atoms with Crippen LogP contribution >= 0.6 is 11.3 Å². The molecule has 2 aromatic heterocycles. The average Bonchev–Trinajstić information content (AvgIpc) is 3.35. The third-order valence-corrected chi connectivity index (χ3v) is 4.28. The van der Waals surface area contributed by atoms with Crippen LogP contribution in [-0.4, -0.2) is 24.1 Å². The van der Waals surface area contributed by atoms with Gasteiger partial charge in [0.15, 0.2) is 18.1 Å². The Kier molecular flexibility index (Phi) is 6.27. The zero-order valence-corrected chi connectivity index (χ0v) is 15.3. The molecule has 136 valence electrons. The van der Waals surface area contributed by atoms with Crippen molar-refractivity contribution in [3.8, 4) is 22.3 Å². The van der Waals surface area contributed by atoms with Crippen molar-refractivity contribution in [3.05, 3.63) is 53.7 Å². The number of para-hydroxylation sites is 2. The van der Waals surface area contributed by atoms with Gasteiger partial charge in [0, 0.05) is 0 Å². The van der Waals surface area contributed by atoms with Crippen molar-refractivity contribution in [1.29, 1.82) is 0 Å². The summed E-state index contributed by atoms with van der Waals surface area (Å²) in [6.07, 6.45) is 2.45. The summed E-state index contributed by atoms with van der Waals surface area (Å²) in [4.78, 5) is 17.3. The molecule has 0 bridgehead atoms. The van der Waals surface area contributed by atoms with Crippen molar-refractivity contribution < 1.29 is 18.7 Å². The van der Waals surface area contributed by atoms with Gasteiger partial charge >= 0.3 is 0 Å². The highest BCUT2D eigenvalue weighted by Gasteiger charge is 2.10. The van der Waals surface area contributed by atoms with E-state index < -0.39 is 0 Å². The molecule has 1 amide bonds. The van der Waals surface area contributed by atoms with Gasteiger partial charge in [-0.25, -0.2) is 4.98 Å². The van der Waals surface area contributed by atoms with Crippen LogP contribution in [0.4, 0.5) is 0 Å². The first-order valence-corrected chi connectivity index (χ1v) is 9.24. The molecule has 1 N–H and O–H groups in total. The lowest BCUT2D eigenvalue weighted by Crippen LogP contribution is -2.28. The fraction of sp³-hybridized carbons (Fsp3) is 0.263. The number of nitrogens with zero attached hydrogens (tertiary/aromatic N) is 1. The predicted octanol–water partition coefficient (Wildman–Crippen LogP) is 3.89. The van der Waals surface area contributed by atoms with E-state index in [1.165, 1.54) is 0 Å². The number of oxazole rings is 1. The van der Waals surface area contributed by atoms with Gasteiger partial charge in [-0.1, -0.05) is 25.1 Å². The Bertz CT molecular complexity index is 830. The van der Waals surface area contributed by atoms with E-state index in [1.807, 2.05) is 42.6 Å². The summed E-state index contributed by atoms with van der Waals surface area (Å²) in [6, 6.07) is 11.2. The van der Waals surface area contributed by atoms with Crippen molar-refractivity contribution in [2.24, 2.45) is 0 Å². The Hall–Kier alpha value is -2.80. The van der Waals surface area contributed by atoms with Crippen LogP contribution in [-0.2, 0) is 11.3 Å². The number of carbonyl (C=O) groups excluding carboxylic acids is 1. The molecular weight excluding hydrogens is 352 g/mol. The second-order valence-corrected chi connectivity index (χ2v) is 6.43. The van der Waals surface area contributed by atoms with Gasteiger partial charge in [-0.2, -0.15) is 0 Å². The van der Waals surface area contributed by atoms with Crippen LogP contribution in [0, 0.1) is 0 Å². The molecule has 0 saturated heterocycles. The zero-order valence-electron chi connectivity index (χ0n) is 14.4. The van der Waals surface area contributed by atoms with Gasteiger partial charge in [-0.05, 0) is 30.0 Å². The molecule has 0 unspecified atom stereocenters. The minimum atomic E-state index is -0.240. The maximum absolute atomic E-state index is 12.0. The van der Waals surface area contributed by atoms with Crippen LogP contribution in [0.15, 0.2) is 52.5 Å². The average molecular weight is 372 g/mol. The van der Waals surface area contributed by atoms with Crippen molar-refractivity contribution >= 4 is 17.2 Å². The molecule has 3 rings (SSSR count). The number of carbonyl (C=O) groups is 1. The summed E-state index contributed by atoms with van der Waals surface area (Å²) in [5, 5.41) is 4.73. The molecule has 2 heterocycles. The van der Waals surface area contributed by atoms with Crippen LogP contribution in [0.25, 0.3) is 10.8 Å². The number of hydrogen-bond donors (Lipinski definition) is 1. The van der Waals surface area contributed by atoms with Gasteiger partial charge in [0.05, 0.1) is 23.7 Å². The van der Waals surface area contributed by atoms with Crippen LogP contribution in [0.5, 0.6) is 11.5 Å². The second-order valence-electron chi connectivity index (χ2n) is 5.48. The van der Waals surface area contributed by atoms with E-state index in [2.05, 4.69) is 10.3 Å². The lowest BCUT2D eigenvalue weighted by Gasteiger charge is -2.11. The normalized spacial score (nSPS) is 10.5. The first-order valence-electron chi connectivity index (χ1n) is 8.36. The number of rotatable bonds is 9. The van der Waals surface area contributed by atoms with E-state index >= 15 is 0 Å². The topological polar surface area (TPSA) is 73.6 Å². The Balaban J connectivity index is 1.48. The van der Waals surface area contributed by atoms with E-state index in [1.54, 1.807) is 23.7 Å². The van der Waals surface area contributed by atoms with Crippen molar-refractivity contribution in [3.63, 3.8) is 0 Å². The Morgan fingerprint density at radius 1 is 1.19 bits per heavy atom. The molecule has 0 radical (unpaired) electrons. The Morgan fingerprint density at radius 2 is 2.00 bits per heavy atom. The summed E-state index contributed by atoms with van der Waals surface area (Å²) < 4.78 is 16.6. The van der Waals surface area contributed by atoms with Gasteiger partial charge in [0.25, 0.3) is 5.91 Å². The molecule has 0 spiro atoms. The van der Waals surface area contributed by atoms with Gasteiger partial charge in [-0.3, -0.25) is 4.79 Å². The number of ether oxygens (including phenoxy) is 2. The minimum absolute atomic E-state index is 0.0951. The maximum Gasteiger partial charge on any atom is 0.258 e. The number of nitrogens with one attached hydrogen (secondary N) is 1. The monoisotopic (exact) mass is 372 g/mol. The molecule has 1 aromatic carbocycles. The quantitative estimate of drug-likeness (QED) is 0.617. The van der Waals surface area contributed by atoms with Crippen LogP contribution in [0.3, 0.4) is 0 Å². The highest BCUT2D eigenvalue weighted by molar-refractivity contribution is 7.13. The van der Waals surface area contributed by atoms with E-state index in [4.69, 9.17) is 13.9 Å². The van der Waals surface area contributed by atoms with Crippen LogP contribution in [0.1, 0.15) is 19.0 Å². The van der Waals surface area contributed by atoms with Crippen molar-refractivity contribution in [2.75, 3.05) is 13.2 Å². The third-order valence-electron chi connectivity index (χ3n) is 3.42. The number of hydrogen-bond acceptors (Lipinski definition) is 6. The van der Waals surface area contributed by atoms with Crippen LogP contribution < -0.4 is 14.8 Å². The summed E-state index contributed by atoms with van der Waals surface area (Å²) in [5.41, 5.74) is 0.661. The molecule has 0 aliphatic heterocycles. The number of aromatic nitrogens is 1. The fourth-order valence-corrected chi connectivity index (χ4v) is 2.84. The molecule has 3 aromatic rings. The zero-order chi connectivity index (χ0) is 18.2. The minimum Gasteiger partial charge on any atom is -0.490 e. The van der Waals surface area contributed by atoms with Gasteiger partial charge in [-0.15, -0.1) is 11.3 Å². The number of benzene rings is 1. The second kappa shape index (κ2) is 9.05. The first kappa shape index (κ1) is 18.0. The summed E-state index contributed by atoms with van der Waals surface area (Å²) >= 11 is 1.55. The lowest BCUT2D eigenvalue weighted by molar-refractivity contribution is -0.123. The maximum atomic E-state index is 12.0. The molecule has 6 nitrogen and oxygen atoms in total. The fourth-order valence-electron chi connectivity index (χ4n) is 2.19. The van der Waals surface area contributed by atoms with Crippen molar-refractivity contribution in [1.82, 2.24) is 10.3 Å². The molecule has 0 atom stereocenters. The summed E-state index contributed by atoms with van der Waals surface area (Å²) in [7, 11) is 0. The number of amides is 1. The molecule has 26 heavy (non-hydrogen) atoms. The highest BCUT2D eigenvalue weighted by atomic mass is 32.1. The molecule has 0 aliphatic carbocycles. The molecular formula is C19H20N2O4S. The van der Waals surface area contributed by atoms with Gasteiger partial charge in [0.1, 0.15) is 6.26 Å². The number of thiophene rings is 1. The first-order chi connectivity index (χ1) is 12.8. The smallest absolute Gasteiger partial charge is 0.258 e. The largest absolute Gasteiger partial charge is 0.490 e. The molecule has 0 aliphatic rings. The summed E-state index contributed by atoms with van der Waals surface area (Å²) in [6.45, 7) is 2.82. The highest BCUT2D eigenvalue weighted by Crippen LogP contribution is 2.26. The van der Waals surface area contributed by atoms with Gasteiger partial charge < -0.3 is 19.2 Å². The molecule has 0 saturated carbocycles. The third kappa shape index (κ3) is 4.86. The Morgan fingerprint density at radius 3 is 2.73 bits per heavy atom. The van der Waals surface area contributed by atoms with E-state index in [0.717, 1.165) is 11.3 Å². The lowest BCUT2D eigenvalue weighted by atomic mass is 10.3. The van der Waals surface area contributed by atoms with E-state index in [9.17, 15) is 4.79 Å². The SMILES string of the molecule is CCCOc1ccccc1OCC(=O)NCc1coc(-c2cccs2)n1. The van der Waals surface area contributed by atoms with Crippen molar-refractivity contribution in [2.45, 2.75) is 19.9 Å². The standard InChI is InChI=1S/C19H20N2O4S/c1-2-9-23-15-6-3-4-7-16(15)24-13-18(22)20-11-14-12-25-19(21-14)17-8-5-10-26-17/h3-8,10,12H,2,9,11,13H2,1H3,(H,20,22). The summed E-state index contributed by atoms with van der Waals surface area (Å²) in [5.74, 6) is 1.51. The van der Waals surface area contributed by atoms with Gasteiger partial charge in [0.2, 0.25) is 5.89 Å². The van der Waals surface area contributed by atoms with E-state index in [0.29, 0.717) is 29.7 Å². The molecule has 0 fully saturated rings. The van der Waals surface area contributed by atoms with E-state index in [-0.39, 0.29) is 19.1 Å².